The van der Waals surface area contributed by atoms with Gasteiger partial charge in [0, 0.05) is 17.7 Å². The zero-order valence-electron chi connectivity index (χ0n) is 16.0. The van der Waals surface area contributed by atoms with Crippen LogP contribution < -0.4 is 10.6 Å². The number of hydrogen-bond acceptors (Lipinski definition) is 5. The van der Waals surface area contributed by atoms with Crippen molar-refractivity contribution in [1.82, 2.24) is 15.6 Å². The summed E-state index contributed by atoms with van der Waals surface area (Å²) < 4.78 is 41.3. The van der Waals surface area contributed by atoms with Crippen LogP contribution in [-0.2, 0) is 10.5 Å². The van der Waals surface area contributed by atoms with Crippen LogP contribution in [0.15, 0.2) is 54.7 Å². The summed E-state index contributed by atoms with van der Waals surface area (Å²) in [4.78, 5) is 17.0. The third-order valence-corrected chi connectivity index (χ3v) is 5.80. The smallest absolute Gasteiger partial charge is 0.336 e. The number of aromatic nitrogens is 1. The van der Waals surface area contributed by atoms with Crippen molar-refractivity contribution in [3.8, 4) is 6.07 Å². The first-order valence-corrected chi connectivity index (χ1v) is 10.6. The summed E-state index contributed by atoms with van der Waals surface area (Å²) in [6, 6.07) is 11.7. The number of nitrogens with one attached hydrogen (secondary N) is 2. The van der Waals surface area contributed by atoms with Crippen LogP contribution in [0.3, 0.4) is 0 Å². The number of hydrogen-bond donors (Lipinski definition) is 2. The molecular weight excluding hydrogens is 413 g/mol. The molecule has 0 saturated heterocycles. The molecule has 1 heterocycles. The maximum absolute atomic E-state index is 13.8. The first-order valence-electron chi connectivity index (χ1n) is 9.42. The molecule has 3 rings (SSSR count). The lowest BCUT2D eigenvalue weighted by molar-refractivity contribution is -0.160. The lowest BCUT2D eigenvalue weighted by Crippen LogP contribution is -2.52. The van der Waals surface area contributed by atoms with E-state index in [-0.39, 0.29) is 11.3 Å². The van der Waals surface area contributed by atoms with Crippen molar-refractivity contribution in [3.05, 3.63) is 66.0 Å². The quantitative estimate of drug-likeness (QED) is 0.629. The van der Waals surface area contributed by atoms with Crippen LogP contribution in [0.25, 0.3) is 0 Å². The molecule has 2 unspecified atom stereocenters. The van der Waals surface area contributed by atoms with E-state index in [0.717, 1.165) is 5.69 Å². The predicted octanol–water partition coefficient (Wildman–Crippen LogP) is 3.75. The molecule has 1 amide bonds. The molecule has 1 saturated carbocycles. The zero-order valence-corrected chi connectivity index (χ0v) is 16.8. The molecule has 2 atom stereocenters. The summed E-state index contributed by atoms with van der Waals surface area (Å²) in [5.74, 6) is -0.0473. The molecule has 1 aliphatic rings. The number of rotatable bonds is 9. The van der Waals surface area contributed by atoms with Crippen LogP contribution >= 0.6 is 11.8 Å². The number of carbonyl (C=O) groups excluding carboxylic acids is 1. The van der Waals surface area contributed by atoms with Crippen molar-refractivity contribution < 1.29 is 18.0 Å². The molecule has 0 radical (unpaired) electrons. The van der Waals surface area contributed by atoms with Crippen LogP contribution in [0.5, 0.6) is 0 Å². The van der Waals surface area contributed by atoms with Crippen molar-refractivity contribution in [2.75, 3.05) is 5.75 Å². The zero-order chi connectivity index (χ0) is 21.6. The second kappa shape index (κ2) is 9.49. The number of nitriles is 1. The molecule has 0 spiro atoms. The molecule has 1 aromatic carbocycles. The first-order chi connectivity index (χ1) is 14.3. The fraction of sp³-hybridized carbons (Fsp3) is 0.381. The van der Waals surface area contributed by atoms with Gasteiger partial charge in [0.1, 0.15) is 11.6 Å². The van der Waals surface area contributed by atoms with Gasteiger partial charge in [-0.2, -0.15) is 30.2 Å². The molecule has 30 heavy (non-hydrogen) atoms. The fourth-order valence-corrected chi connectivity index (χ4v) is 3.88. The van der Waals surface area contributed by atoms with E-state index in [1.807, 2.05) is 18.2 Å². The van der Waals surface area contributed by atoms with Crippen LogP contribution in [0, 0.1) is 11.3 Å². The van der Waals surface area contributed by atoms with Gasteiger partial charge in [0.2, 0.25) is 5.91 Å². The topological polar surface area (TPSA) is 77.8 Å². The average Bonchev–Trinajstić information content (AvgIpc) is 3.51. The van der Waals surface area contributed by atoms with Crippen molar-refractivity contribution >= 4 is 17.7 Å². The second-order valence-electron chi connectivity index (χ2n) is 7.12. The lowest BCUT2D eigenvalue weighted by atomic mass is 10.1. The summed E-state index contributed by atoms with van der Waals surface area (Å²) in [6.07, 6.45) is -1.94. The number of benzene rings is 1. The number of amides is 1. The van der Waals surface area contributed by atoms with Gasteiger partial charge in [0.25, 0.3) is 0 Å². The minimum Gasteiger partial charge on any atom is -0.336 e. The number of halogens is 3. The number of nitrogens with zero attached hydrogens (tertiary/aromatic N) is 2. The summed E-state index contributed by atoms with van der Waals surface area (Å²) in [5, 5.41) is 14.3. The minimum absolute atomic E-state index is 0.0268. The Kier molecular flexibility index (Phi) is 7.00. The third-order valence-electron chi connectivity index (χ3n) is 4.73. The van der Waals surface area contributed by atoms with E-state index in [0.29, 0.717) is 18.6 Å². The Bertz CT molecular complexity index is 883. The molecule has 0 bridgehead atoms. The van der Waals surface area contributed by atoms with E-state index in [4.69, 9.17) is 0 Å². The molecule has 5 nitrogen and oxygen atoms in total. The largest absolute Gasteiger partial charge is 0.407 e. The Labute approximate surface area is 177 Å². The summed E-state index contributed by atoms with van der Waals surface area (Å²) in [5.41, 5.74) is -0.157. The molecule has 2 N–H and O–H groups in total. The number of pyridine rings is 1. The molecule has 2 aromatic rings. The maximum Gasteiger partial charge on any atom is 0.407 e. The molecule has 0 aliphatic heterocycles. The van der Waals surface area contributed by atoms with Gasteiger partial charge in [-0.15, -0.1) is 0 Å². The second-order valence-corrected chi connectivity index (χ2v) is 8.15. The van der Waals surface area contributed by atoms with Crippen LogP contribution in [0.1, 0.15) is 30.1 Å². The van der Waals surface area contributed by atoms with E-state index in [1.165, 1.54) is 36.0 Å². The van der Waals surface area contributed by atoms with Gasteiger partial charge in [0.15, 0.2) is 0 Å². The van der Waals surface area contributed by atoms with Gasteiger partial charge in [-0.3, -0.25) is 15.1 Å². The molecule has 1 aromatic heterocycles. The van der Waals surface area contributed by atoms with Gasteiger partial charge in [-0.25, -0.2) is 0 Å². The van der Waals surface area contributed by atoms with Crippen molar-refractivity contribution in [1.29, 1.82) is 5.26 Å². The number of alkyl halides is 3. The van der Waals surface area contributed by atoms with Crippen molar-refractivity contribution in [2.24, 2.45) is 0 Å². The Morgan fingerprint density at radius 2 is 1.90 bits per heavy atom. The summed E-state index contributed by atoms with van der Waals surface area (Å²) in [6.45, 7) is 0. The summed E-state index contributed by atoms with van der Waals surface area (Å²) in [7, 11) is 0. The normalized spacial score (nSPS) is 16.9. The van der Waals surface area contributed by atoms with Crippen molar-refractivity contribution in [3.63, 3.8) is 0 Å². The first kappa shape index (κ1) is 22.1. The van der Waals surface area contributed by atoms with Gasteiger partial charge < -0.3 is 5.32 Å². The third kappa shape index (κ3) is 5.97. The molecule has 158 valence electrons. The van der Waals surface area contributed by atoms with E-state index in [1.54, 1.807) is 18.3 Å². The van der Waals surface area contributed by atoms with Crippen LogP contribution in [0.4, 0.5) is 13.2 Å². The Hall–Kier alpha value is -2.57. The van der Waals surface area contributed by atoms with Gasteiger partial charge in [0.05, 0.1) is 17.8 Å². The molecule has 1 fully saturated rings. The Morgan fingerprint density at radius 1 is 1.20 bits per heavy atom. The van der Waals surface area contributed by atoms with Gasteiger partial charge >= 0.3 is 6.18 Å². The summed E-state index contributed by atoms with van der Waals surface area (Å²) >= 11 is 1.31. The number of thioether (sulfide) groups is 1. The fourth-order valence-electron chi connectivity index (χ4n) is 2.90. The molecule has 9 heteroatoms. The lowest BCUT2D eigenvalue weighted by Gasteiger charge is -2.28. The standard InChI is InChI=1S/C21H21F3N4OS/c22-21(23,24)18(15-6-2-1-3-7-15)27-17(19(29)28-20(14-25)9-10-20)13-30-12-16-8-4-5-11-26-16/h1-8,11,17-18,27H,9-10,12-13H2,(H,28,29). The van der Waals surface area contributed by atoms with Crippen molar-refractivity contribution in [2.45, 2.75) is 42.4 Å². The van der Waals surface area contributed by atoms with Gasteiger partial charge in [-0.1, -0.05) is 36.4 Å². The van der Waals surface area contributed by atoms with E-state index in [2.05, 4.69) is 15.6 Å². The highest BCUT2D eigenvalue weighted by Gasteiger charge is 2.47. The number of carbonyl (C=O) groups is 1. The highest BCUT2D eigenvalue weighted by Crippen LogP contribution is 2.35. The van der Waals surface area contributed by atoms with E-state index < -0.39 is 29.7 Å². The van der Waals surface area contributed by atoms with Crippen LogP contribution in [-0.4, -0.2) is 34.4 Å². The predicted molar refractivity (Wildman–Crippen MR) is 108 cm³/mol. The Balaban J connectivity index is 1.74. The van der Waals surface area contributed by atoms with E-state index >= 15 is 0 Å². The van der Waals surface area contributed by atoms with Gasteiger partial charge in [-0.05, 0) is 30.5 Å². The minimum atomic E-state index is -4.59. The van der Waals surface area contributed by atoms with E-state index in [9.17, 15) is 23.2 Å². The monoisotopic (exact) mass is 434 g/mol. The molecule has 1 aliphatic carbocycles. The SMILES string of the molecule is N#CC1(NC(=O)C(CSCc2ccccn2)NC(c2ccccc2)C(F)(F)F)CC1. The highest BCUT2D eigenvalue weighted by atomic mass is 32.2. The molecular formula is C21H21F3N4OS. The average molecular weight is 434 g/mol. The highest BCUT2D eigenvalue weighted by molar-refractivity contribution is 7.98. The maximum atomic E-state index is 13.8. The Morgan fingerprint density at radius 3 is 2.47 bits per heavy atom. The van der Waals surface area contributed by atoms with Crippen LogP contribution in [0.2, 0.25) is 0 Å².